The van der Waals surface area contributed by atoms with Gasteiger partial charge < -0.3 is 10.2 Å². The van der Waals surface area contributed by atoms with Gasteiger partial charge in [0.15, 0.2) is 0 Å². The number of hydrogen-bond acceptors (Lipinski definition) is 5. The third kappa shape index (κ3) is 4.49. The van der Waals surface area contributed by atoms with Gasteiger partial charge in [0, 0.05) is 31.7 Å². The number of nitrogens with zero attached hydrogens (tertiary/aromatic N) is 3. The highest BCUT2D eigenvalue weighted by Gasteiger charge is 2.27. The highest BCUT2D eigenvalue weighted by Crippen LogP contribution is 2.23. The molecule has 2 aliphatic rings. The molecule has 8 heteroatoms. The third-order valence-corrected chi connectivity index (χ3v) is 7.85. The van der Waals surface area contributed by atoms with Crippen LogP contribution in [-0.2, 0) is 10.0 Å². The minimum absolute atomic E-state index is 0.225. The first kappa shape index (κ1) is 20.8. The average molecular weight is 429 g/mol. The molecule has 1 aromatic carbocycles. The van der Waals surface area contributed by atoms with Crippen LogP contribution in [0.4, 0.5) is 11.5 Å². The molecule has 3 heterocycles. The fourth-order valence-electron chi connectivity index (χ4n) is 3.94. The molecule has 7 nitrogen and oxygen atoms in total. The molecule has 1 amide bonds. The van der Waals surface area contributed by atoms with E-state index in [1.54, 1.807) is 18.3 Å². The van der Waals surface area contributed by atoms with Crippen molar-refractivity contribution in [3.8, 4) is 0 Å². The Bertz CT molecular complexity index is 976. The minimum atomic E-state index is -3.47. The van der Waals surface area contributed by atoms with Gasteiger partial charge in [0.2, 0.25) is 10.0 Å². The Kier molecular flexibility index (Phi) is 6.06. The van der Waals surface area contributed by atoms with Gasteiger partial charge in [-0.15, -0.1) is 0 Å². The van der Waals surface area contributed by atoms with Gasteiger partial charge in [-0.2, -0.15) is 4.31 Å². The molecule has 0 radical (unpaired) electrons. The number of carbonyl (C=O) groups excluding carboxylic acids is 1. The highest BCUT2D eigenvalue weighted by molar-refractivity contribution is 7.89. The van der Waals surface area contributed by atoms with Crippen molar-refractivity contribution >= 4 is 27.4 Å². The summed E-state index contributed by atoms with van der Waals surface area (Å²) in [7, 11) is -3.47. The predicted octanol–water partition coefficient (Wildman–Crippen LogP) is 3.35. The Hall–Kier alpha value is -2.45. The fraction of sp³-hybridized carbons (Fsp3) is 0.455. The standard InChI is InChI=1S/C22H28N4O3S/c1-17-10-14-25(15-11-17)21-9-6-19(16-23-21)24-22(27)18-4-7-20(8-5-18)30(28,29)26-12-2-3-13-26/h4-9,16-17H,2-3,10-15H2,1H3,(H,24,27). The zero-order valence-electron chi connectivity index (χ0n) is 17.3. The molecule has 2 aliphatic heterocycles. The van der Waals surface area contributed by atoms with Gasteiger partial charge in [-0.25, -0.2) is 13.4 Å². The summed E-state index contributed by atoms with van der Waals surface area (Å²) in [4.78, 5) is 19.5. The lowest BCUT2D eigenvalue weighted by atomic mass is 9.99. The quantitative estimate of drug-likeness (QED) is 0.790. The van der Waals surface area contributed by atoms with E-state index in [-0.39, 0.29) is 10.8 Å². The summed E-state index contributed by atoms with van der Waals surface area (Å²) in [5, 5.41) is 2.83. The summed E-state index contributed by atoms with van der Waals surface area (Å²) < 4.78 is 26.7. The van der Waals surface area contributed by atoms with Crippen LogP contribution in [0.1, 0.15) is 43.0 Å². The molecule has 4 rings (SSSR count). The van der Waals surface area contributed by atoms with Gasteiger partial charge in [0.1, 0.15) is 5.82 Å². The van der Waals surface area contributed by atoms with Gasteiger partial charge in [0.05, 0.1) is 16.8 Å². The van der Waals surface area contributed by atoms with Crippen LogP contribution in [0.3, 0.4) is 0 Å². The molecule has 160 valence electrons. The number of anilines is 2. The van der Waals surface area contributed by atoms with E-state index in [2.05, 4.69) is 22.1 Å². The number of nitrogens with one attached hydrogen (secondary N) is 1. The molecule has 2 aromatic rings. The van der Waals surface area contributed by atoms with Crippen LogP contribution in [0.15, 0.2) is 47.5 Å². The molecule has 1 N–H and O–H groups in total. The van der Waals surface area contributed by atoms with Gasteiger partial charge >= 0.3 is 0 Å². The van der Waals surface area contributed by atoms with Crippen molar-refractivity contribution in [3.63, 3.8) is 0 Å². The van der Waals surface area contributed by atoms with Gasteiger partial charge in [-0.1, -0.05) is 6.92 Å². The highest BCUT2D eigenvalue weighted by atomic mass is 32.2. The molecule has 0 bridgehead atoms. The lowest BCUT2D eigenvalue weighted by Crippen LogP contribution is -2.33. The van der Waals surface area contributed by atoms with Crippen LogP contribution in [0.2, 0.25) is 0 Å². The molecule has 0 unspecified atom stereocenters. The van der Waals surface area contributed by atoms with E-state index in [1.807, 2.05) is 12.1 Å². The number of carbonyl (C=O) groups is 1. The van der Waals surface area contributed by atoms with E-state index >= 15 is 0 Å². The van der Waals surface area contributed by atoms with E-state index in [0.717, 1.165) is 37.7 Å². The molecule has 0 spiro atoms. The molecular weight excluding hydrogens is 400 g/mol. The number of amides is 1. The Balaban J connectivity index is 1.39. The Morgan fingerprint density at radius 2 is 1.67 bits per heavy atom. The smallest absolute Gasteiger partial charge is 0.255 e. The number of hydrogen-bond donors (Lipinski definition) is 1. The number of piperidine rings is 1. The summed E-state index contributed by atoms with van der Waals surface area (Å²) in [5.74, 6) is 1.40. The number of sulfonamides is 1. The van der Waals surface area contributed by atoms with E-state index in [9.17, 15) is 13.2 Å². The second kappa shape index (κ2) is 8.73. The molecule has 0 atom stereocenters. The molecule has 1 aromatic heterocycles. The maximum Gasteiger partial charge on any atom is 0.255 e. The van der Waals surface area contributed by atoms with Crippen molar-refractivity contribution in [2.75, 3.05) is 36.4 Å². The lowest BCUT2D eigenvalue weighted by Gasteiger charge is -2.31. The van der Waals surface area contributed by atoms with Gasteiger partial charge in [-0.05, 0) is 68.0 Å². The van der Waals surface area contributed by atoms with E-state index in [0.29, 0.717) is 24.3 Å². The monoisotopic (exact) mass is 428 g/mol. The molecule has 30 heavy (non-hydrogen) atoms. The molecule has 2 fully saturated rings. The predicted molar refractivity (Wildman–Crippen MR) is 117 cm³/mol. The van der Waals surface area contributed by atoms with Crippen LogP contribution in [-0.4, -0.2) is 49.8 Å². The topological polar surface area (TPSA) is 82.6 Å². The second-order valence-corrected chi connectivity index (χ2v) is 10.1. The zero-order chi connectivity index (χ0) is 21.1. The van der Waals surface area contributed by atoms with E-state index in [4.69, 9.17) is 0 Å². The van der Waals surface area contributed by atoms with Crippen molar-refractivity contribution in [2.45, 2.75) is 37.5 Å². The lowest BCUT2D eigenvalue weighted by molar-refractivity contribution is 0.102. The number of rotatable bonds is 5. The number of aromatic nitrogens is 1. The Labute approximate surface area is 178 Å². The van der Waals surface area contributed by atoms with Crippen LogP contribution in [0.5, 0.6) is 0 Å². The van der Waals surface area contributed by atoms with Crippen molar-refractivity contribution < 1.29 is 13.2 Å². The van der Waals surface area contributed by atoms with Crippen molar-refractivity contribution in [2.24, 2.45) is 5.92 Å². The minimum Gasteiger partial charge on any atom is -0.357 e. The first-order valence-corrected chi connectivity index (χ1v) is 12.0. The first-order valence-electron chi connectivity index (χ1n) is 10.6. The molecule has 0 saturated carbocycles. The summed E-state index contributed by atoms with van der Waals surface area (Å²) in [5.41, 5.74) is 1.02. The first-order chi connectivity index (χ1) is 14.4. The van der Waals surface area contributed by atoms with Crippen LogP contribution in [0.25, 0.3) is 0 Å². The number of benzene rings is 1. The SMILES string of the molecule is CC1CCN(c2ccc(NC(=O)c3ccc(S(=O)(=O)N4CCCC4)cc3)cn2)CC1. The van der Waals surface area contributed by atoms with Crippen molar-refractivity contribution in [3.05, 3.63) is 48.2 Å². The number of pyridine rings is 1. The fourth-order valence-corrected chi connectivity index (χ4v) is 5.46. The van der Waals surface area contributed by atoms with E-state index in [1.165, 1.54) is 29.3 Å². The van der Waals surface area contributed by atoms with Crippen molar-refractivity contribution in [1.29, 1.82) is 0 Å². The Morgan fingerprint density at radius 1 is 1.00 bits per heavy atom. The average Bonchev–Trinajstić information content (AvgIpc) is 3.31. The normalized spacial score (nSPS) is 18.5. The largest absolute Gasteiger partial charge is 0.357 e. The summed E-state index contributed by atoms with van der Waals surface area (Å²) >= 11 is 0. The molecule has 0 aliphatic carbocycles. The summed E-state index contributed by atoms with van der Waals surface area (Å²) in [6.07, 6.45) is 5.79. The zero-order valence-corrected chi connectivity index (χ0v) is 18.1. The van der Waals surface area contributed by atoms with Crippen LogP contribution >= 0.6 is 0 Å². The second-order valence-electron chi connectivity index (χ2n) is 8.16. The maximum atomic E-state index is 12.6. The van der Waals surface area contributed by atoms with Crippen molar-refractivity contribution in [1.82, 2.24) is 9.29 Å². The maximum absolute atomic E-state index is 12.6. The van der Waals surface area contributed by atoms with Gasteiger partial charge in [0.25, 0.3) is 5.91 Å². The Morgan fingerprint density at radius 3 is 2.27 bits per heavy atom. The van der Waals surface area contributed by atoms with Crippen LogP contribution < -0.4 is 10.2 Å². The molecule has 2 saturated heterocycles. The van der Waals surface area contributed by atoms with E-state index < -0.39 is 10.0 Å². The molecular formula is C22H28N4O3S. The third-order valence-electron chi connectivity index (χ3n) is 5.93. The van der Waals surface area contributed by atoms with Gasteiger partial charge in [-0.3, -0.25) is 4.79 Å². The summed E-state index contributed by atoms with van der Waals surface area (Å²) in [6, 6.07) is 9.88. The summed E-state index contributed by atoms with van der Waals surface area (Å²) in [6.45, 7) is 5.41. The van der Waals surface area contributed by atoms with Crippen LogP contribution in [0, 0.1) is 5.92 Å².